The van der Waals surface area contributed by atoms with Gasteiger partial charge in [0.25, 0.3) is 0 Å². The lowest BCUT2D eigenvalue weighted by Gasteiger charge is -2.15. The summed E-state index contributed by atoms with van der Waals surface area (Å²) in [5.41, 5.74) is 5.22. The van der Waals surface area contributed by atoms with E-state index in [2.05, 4.69) is 5.32 Å². The summed E-state index contributed by atoms with van der Waals surface area (Å²) in [7, 11) is 0. The summed E-state index contributed by atoms with van der Waals surface area (Å²) in [6, 6.07) is 2.89. The van der Waals surface area contributed by atoms with Gasteiger partial charge in [0.2, 0.25) is 5.91 Å². The van der Waals surface area contributed by atoms with E-state index in [4.69, 9.17) is 10.5 Å². The number of ether oxygens (including phenoxy) is 1. The summed E-state index contributed by atoms with van der Waals surface area (Å²) in [6.07, 6.45) is 2.02. The minimum Gasteiger partial charge on any atom is -0.491 e. The van der Waals surface area contributed by atoms with Gasteiger partial charge in [-0.2, -0.15) is 0 Å². The van der Waals surface area contributed by atoms with Gasteiger partial charge in [0.15, 0.2) is 11.6 Å². The molecule has 1 atom stereocenters. The molecular formula is C12H14F2N2O2. The Morgan fingerprint density at radius 2 is 2.17 bits per heavy atom. The van der Waals surface area contributed by atoms with Gasteiger partial charge in [-0.1, -0.05) is 0 Å². The van der Waals surface area contributed by atoms with Gasteiger partial charge in [-0.05, 0) is 25.0 Å². The number of halogens is 2. The number of rotatable bonds is 6. The van der Waals surface area contributed by atoms with Gasteiger partial charge < -0.3 is 15.8 Å². The molecule has 1 unspecified atom stereocenters. The monoisotopic (exact) mass is 256 g/mol. The maximum Gasteiger partial charge on any atom is 0.238 e. The number of primary amides is 1. The zero-order valence-corrected chi connectivity index (χ0v) is 9.66. The first-order valence-electron chi connectivity index (χ1n) is 5.69. The predicted octanol–water partition coefficient (Wildman–Crippen LogP) is 0.949. The molecule has 1 amide bonds. The molecule has 1 aromatic carbocycles. The van der Waals surface area contributed by atoms with E-state index >= 15 is 0 Å². The van der Waals surface area contributed by atoms with E-state index in [1.807, 2.05) is 0 Å². The third-order valence-corrected chi connectivity index (χ3v) is 2.67. The average molecular weight is 256 g/mol. The SMILES string of the molecule is NC(=O)C(COc1ccc(F)c(F)c1)NC1CC1. The highest BCUT2D eigenvalue weighted by Crippen LogP contribution is 2.20. The standard InChI is InChI=1S/C12H14F2N2O2/c13-9-4-3-8(5-10(9)14)18-6-11(12(15)17)16-7-1-2-7/h3-5,7,11,16H,1-2,6H2,(H2,15,17). The third-order valence-electron chi connectivity index (χ3n) is 2.67. The molecule has 1 aromatic rings. The Morgan fingerprint density at radius 1 is 1.44 bits per heavy atom. The highest BCUT2D eigenvalue weighted by Gasteiger charge is 2.27. The second-order valence-corrected chi connectivity index (χ2v) is 4.28. The molecule has 98 valence electrons. The molecule has 1 fully saturated rings. The van der Waals surface area contributed by atoms with Crippen LogP contribution in [0.5, 0.6) is 5.75 Å². The lowest BCUT2D eigenvalue weighted by atomic mass is 10.3. The van der Waals surface area contributed by atoms with E-state index in [-0.39, 0.29) is 12.4 Å². The van der Waals surface area contributed by atoms with Crippen LogP contribution in [-0.2, 0) is 4.79 Å². The zero-order chi connectivity index (χ0) is 13.1. The molecule has 0 aromatic heterocycles. The van der Waals surface area contributed by atoms with Gasteiger partial charge in [-0.25, -0.2) is 8.78 Å². The first kappa shape index (κ1) is 12.8. The van der Waals surface area contributed by atoms with E-state index in [1.165, 1.54) is 6.07 Å². The number of amides is 1. The molecule has 0 aliphatic heterocycles. The van der Waals surface area contributed by atoms with Crippen molar-refractivity contribution >= 4 is 5.91 Å². The summed E-state index contributed by atoms with van der Waals surface area (Å²) >= 11 is 0. The summed E-state index contributed by atoms with van der Waals surface area (Å²) in [4.78, 5) is 11.2. The Kier molecular flexibility index (Phi) is 3.76. The molecule has 18 heavy (non-hydrogen) atoms. The van der Waals surface area contributed by atoms with Gasteiger partial charge in [0.05, 0.1) is 0 Å². The van der Waals surface area contributed by atoms with Gasteiger partial charge >= 0.3 is 0 Å². The van der Waals surface area contributed by atoms with Crippen LogP contribution in [0.25, 0.3) is 0 Å². The Bertz CT molecular complexity index is 450. The van der Waals surface area contributed by atoms with Crippen molar-refractivity contribution in [3.05, 3.63) is 29.8 Å². The van der Waals surface area contributed by atoms with E-state index < -0.39 is 23.6 Å². The van der Waals surface area contributed by atoms with Crippen molar-refractivity contribution < 1.29 is 18.3 Å². The maximum atomic E-state index is 12.9. The summed E-state index contributed by atoms with van der Waals surface area (Å²) < 4.78 is 30.8. The normalized spacial score (nSPS) is 16.3. The van der Waals surface area contributed by atoms with Crippen molar-refractivity contribution in [1.29, 1.82) is 0 Å². The number of hydrogen-bond acceptors (Lipinski definition) is 3. The van der Waals surface area contributed by atoms with E-state index in [1.54, 1.807) is 0 Å². The van der Waals surface area contributed by atoms with E-state index in [9.17, 15) is 13.6 Å². The van der Waals surface area contributed by atoms with Crippen LogP contribution in [0.2, 0.25) is 0 Å². The lowest BCUT2D eigenvalue weighted by Crippen LogP contribution is -2.46. The van der Waals surface area contributed by atoms with Gasteiger partial charge in [-0.3, -0.25) is 4.79 Å². The minimum atomic E-state index is -0.988. The first-order chi connectivity index (χ1) is 8.56. The van der Waals surface area contributed by atoms with Crippen LogP contribution in [0.3, 0.4) is 0 Å². The third kappa shape index (κ3) is 3.40. The lowest BCUT2D eigenvalue weighted by molar-refractivity contribution is -0.120. The molecule has 3 N–H and O–H groups in total. The predicted molar refractivity (Wildman–Crippen MR) is 61.0 cm³/mol. The molecule has 0 heterocycles. The first-order valence-corrected chi connectivity index (χ1v) is 5.69. The van der Waals surface area contributed by atoms with Crippen LogP contribution in [-0.4, -0.2) is 24.6 Å². The molecule has 0 spiro atoms. The van der Waals surface area contributed by atoms with Crippen molar-refractivity contribution in [1.82, 2.24) is 5.32 Å². The van der Waals surface area contributed by atoms with Crippen LogP contribution in [0.1, 0.15) is 12.8 Å². The molecule has 6 heteroatoms. The molecule has 1 aliphatic carbocycles. The van der Waals surface area contributed by atoms with Crippen molar-refractivity contribution in [2.45, 2.75) is 24.9 Å². The Hall–Kier alpha value is -1.69. The van der Waals surface area contributed by atoms with E-state index in [0.29, 0.717) is 6.04 Å². The largest absolute Gasteiger partial charge is 0.491 e. The Labute approximate surface area is 103 Å². The number of carbonyl (C=O) groups is 1. The molecule has 2 rings (SSSR count). The van der Waals surface area contributed by atoms with Crippen molar-refractivity contribution in [2.24, 2.45) is 5.73 Å². The highest BCUT2D eigenvalue weighted by atomic mass is 19.2. The van der Waals surface area contributed by atoms with Crippen LogP contribution in [0.15, 0.2) is 18.2 Å². The average Bonchev–Trinajstić information content (AvgIpc) is 3.12. The Morgan fingerprint density at radius 3 is 2.72 bits per heavy atom. The minimum absolute atomic E-state index is 0.00307. The molecular weight excluding hydrogens is 242 g/mol. The van der Waals surface area contributed by atoms with E-state index in [0.717, 1.165) is 25.0 Å². The van der Waals surface area contributed by atoms with Crippen LogP contribution < -0.4 is 15.8 Å². The van der Waals surface area contributed by atoms with Crippen molar-refractivity contribution in [3.8, 4) is 5.75 Å². The van der Waals surface area contributed by atoms with Gasteiger partial charge in [-0.15, -0.1) is 0 Å². The number of nitrogens with one attached hydrogen (secondary N) is 1. The topological polar surface area (TPSA) is 64.4 Å². The number of hydrogen-bond donors (Lipinski definition) is 2. The van der Waals surface area contributed by atoms with Crippen LogP contribution >= 0.6 is 0 Å². The van der Waals surface area contributed by atoms with Gasteiger partial charge in [0, 0.05) is 12.1 Å². The second-order valence-electron chi connectivity index (χ2n) is 4.28. The molecule has 0 bridgehead atoms. The fourth-order valence-corrected chi connectivity index (χ4v) is 1.49. The number of nitrogens with two attached hydrogens (primary N) is 1. The highest BCUT2D eigenvalue weighted by molar-refractivity contribution is 5.80. The van der Waals surface area contributed by atoms with Crippen LogP contribution in [0, 0.1) is 11.6 Å². The summed E-state index contributed by atoms with van der Waals surface area (Å²) in [5, 5.41) is 3.02. The Balaban J connectivity index is 1.91. The maximum absolute atomic E-state index is 12.9. The fourth-order valence-electron chi connectivity index (χ4n) is 1.49. The zero-order valence-electron chi connectivity index (χ0n) is 9.66. The smallest absolute Gasteiger partial charge is 0.238 e. The summed E-state index contributed by atoms with van der Waals surface area (Å²) in [5.74, 6) is -2.29. The van der Waals surface area contributed by atoms with Crippen molar-refractivity contribution in [3.63, 3.8) is 0 Å². The van der Waals surface area contributed by atoms with Crippen molar-refractivity contribution in [2.75, 3.05) is 6.61 Å². The molecule has 0 saturated heterocycles. The molecule has 1 saturated carbocycles. The second kappa shape index (κ2) is 5.30. The van der Waals surface area contributed by atoms with Gasteiger partial charge in [0.1, 0.15) is 18.4 Å². The van der Waals surface area contributed by atoms with Crippen LogP contribution in [0.4, 0.5) is 8.78 Å². The summed E-state index contributed by atoms with van der Waals surface area (Å²) in [6.45, 7) is -0.00307. The molecule has 0 radical (unpaired) electrons. The molecule has 4 nitrogen and oxygen atoms in total. The fraction of sp³-hybridized carbons (Fsp3) is 0.417. The quantitative estimate of drug-likeness (QED) is 0.796. The number of benzene rings is 1. The number of carbonyl (C=O) groups excluding carboxylic acids is 1. The molecule has 1 aliphatic rings.